The molecular weight excluding hydrogens is 397 g/mol. The standard InChI is InChI=1S/C14H10NO8S2.Na/c16-13(17)9-5-1-3-7-11(9)24(20,21)15-25(22,23)12-8-4-2-6-10(12)14(18)19;/h1-8H,(H,16,17)(H,18,19);/q-1;+1. The summed E-state index contributed by atoms with van der Waals surface area (Å²) in [4.78, 5) is 20.6. The smallest absolute Gasteiger partial charge is 0.478 e. The van der Waals surface area contributed by atoms with Crippen molar-refractivity contribution in [3.8, 4) is 0 Å². The van der Waals surface area contributed by atoms with Gasteiger partial charge in [0.25, 0.3) is 0 Å². The van der Waals surface area contributed by atoms with Crippen molar-refractivity contribution in [3.63, 3.8) is 0 Å². The summed E-state index contributed by atoms with van der Waals surface area (Å²) in [5.74, 6) is -3.17. The molecule has 0 bridgehead atoms. The number of nitrogens with zero attached hydrogens (tertiary/aromatic N) is 1. The molecule has 2 aromatic carbocycles. The monoisotopic (exact) mass is 407 g/mol. The molecular formula is C14H10NNaO8S2. The van der Waals surface area contributed by atoms with E-state index in [2.05, 4.69) is 4.13 Å². The van der Waals surface area contributed by atoms with Crippen molar-refractivity contribution in [3.05, 3.63) is 63.8 Å². The average Bonchev–Trinajstić information content (AvgIpc) is 2.54. The maximum atomic E-state index is 12.3. The van der Waals surface area contributed by atoms with Gasteiger partial charge in [-0.25, -0.2) is 26.4 Å². The van der Waals surface area contributed by atoms with Gasteiger partial charge in [-0.05, 0) is 24.3 Å². The van der Waals surface area contributed by atoms with E-state index in [9.17, 15) is 26.4 Å². The van der Waals surface area contributed by atoms with Crippen molar-refractivity contribution in [2.24, 2.45) is 0 Å². The van der Waals surface area contributed by atoms with E-state index in [1.807, 2.05) is 0 Å². The maximum absolute atomic E-state index is 12.3. The summed E-state index contributed by atoms with van der Waals surface area (Å²) in [6.45, 7) is 0. The fourth-order valence-corrected chi connectivity index (χ4v) is 4.99. The number of hydrogen-bond acceptors (Lipinski definition) is 6. The molecule has 0 saturated heterocycles. The van der Waals surface area contributed by atoms with Crippen molar-refractivity contribution in [2.45, 2.75) is 9.79 Å². The van der Waals surface area contributed by atoms with Crippen LogP contribution in [0.4, 0.5) is 0 Å². The van der Waals surface area contributed by atoms with Gasteiger partial charge in [0.1, 0.15) is 20.0 Å². The van der Waals surface area contributed by atoms with E-state index >= 15 is 0 Å². The van der Waals surface area contributed by atoms with E-state index in [0.717, 1.165) is 24.3 Å². The van der Waals surface area contributed by atoms with E-state index in [-0.39, 0.29) is 29.6 Å². The molecule has 0 fully saturated rings. The number of carboxylic acids is 2. The van der Waals surface area contributed by atoms with E-state index in [1.54, 1.807) is 0 Å². The van der Waals surface area contributed by atoms with E-state index in [4.69, 9.17) is 10.2 Å². The largest absolute Gasteiger partial charge is 1.00 e. The van der Waals surface area contributed by atoms with Gasteiger partial charge in [-0.3, -0.25) is 0 Å². The number of carboxylic acid groups (broad SMARTS) is 2. The Morgan fingerprint density at radius 3 is 1.31 bits per heavy atom. The summed E-state index contributed by atoms with van der Waals surface area (Å²) in [6, 6.07) is 8.65. The van der Waals surface area contributed by atoms with Gasteiger partial charge in [0.2, 0.25) is 0 Å². The number of carbonyl (C=O) groups is 2. The Balaban J connectivity index is 0.00000338. The Morgan fingerprint density at radius 2 is 1.00 bits per heavy atom. The number of aromatic carboxylic acids is 2. The second-order valence-electron chi connectivity index (χ2n) is 4.63. The Kier molecular flexibility index (Phi) is 7.10. The summed E-state index contributed by atoms with van der Waals surface area (Å²) in [5, 5.41) is 18.1. The third kappa shape index (κ3) is 4.69. The Hall–Kier alpha value is -1.76. The quantitative estimate of drug-likeness (QED) is 0.550. The molecule has 12 heteroatoms. The summed E-state index contributed by atoms with van der Waals surface area (Å²) < 4.78 is 51.9. The van der Waals surface area contributed by atoms with Crippen LogP contribution in [0.2, 0.25) is 0 Å². The molecule has 26 heavy (non-hydrogen) atoms. The van der Waals surface area contributed by atoms with Gasteiger partial charge in [0.05, 0.1) is 20.9 Å². The molecule has 0 saturated carbocycles. The van der Waals surface area contributed by atoms with Gasteiger partial charge >= 0.3 is 41.5 Å². The number of sulfonamides is 2. The third-order valence-corrected chi connectivity index (χ3v) is 6.38. The fourth-order valence-electron chi connectivity index (χ4n) is 1.95. The van der Waals surface area contributed by atoms with Gasteiger partial charge < -0.3 is 14.3 Å². The predicted molar refractivity (Wildman–Crippen MR) is 84.5 cm³/mol. The second-order valence-corrected chi connectivity index (χ2v) is 8.00. The first kappa shape index (κ1) is 22.3. The third-order valence-electron chi connectivity index (χ3n) is 2.99. The first-order valence-electron chi connectivity index (χ1n) is 6.45. The van der Waals surface area contributed by atoms with Gasteiger partial charge in [0.15, 0.2) is 0 Å². The van der Waals surface area contributed by atoms with Crippen LogP contribution in [0.3, 0.4) is 0 Å². The molecule has 2 N–H and O–H groups in total. The zero-order valence-electron chi connectivity index (χ0n) is 13.2. The van der Waals surface area contributed by atoms with Crippen LogP contribution in [0, 0.1) is 0 Å². The van der Waals surface area contributed by atoms with E-state index in [0.29, 0.717) is 0 Å². The Labute approximate surface area is 171 Å². The van der Waals surface area contributed by atoms with Crippen LogP contribution < -0.4 is 29.6 Å². The minimum absolute atomic E-state index is 0. The molecule has 0 atom stereocenters. The molecule has 2 aromatic rings. The second kappa shape index (κ2) is 8.29. The summed E-state index contributed by atoms with van der Waals surface area (Å²) in [7, 11) is -9.84. The van der Waals surface area contributed by atoms with E-state index in [1.165, 1.54) is 24.3 Å². The van der Waals surface area contributed by atoms with E-state index < -0.39 is 52.9 Å². The summed E-state index contributed by atoms with van der Waals surface area (Å²) in [5.41, 5.74) is -1.32. The van der Waals surface area contributed by atoms with Gasteiger partial charge in [-0.15, -0.1) is 0 Å². The van der Waals surface area contributed by atoms with Crippen molar-refractivity contribution < 1.29 is 66.2 Å². The first-order chi connectivity index (χ1) is 11.6. The van der Waals surface area contributed by atoms with Gasteiger partial charge in [-0.1, -0.05) is 24.3 Å². The molecule has 0 aliphatic carbocycles. The zero-order valence-corrected chi connectivity index (χ0v) is 16.9. The summed E-state index contributed by atoms with van der Waals surface area (Å²) >= 11 is 0. The molecule has 0 aromatic heterocycles. The molecule has 9 nitrogen and oxygen atoms in total. The maximum Gasteiger partial charge on any atom is 1.00 e. The molecule has 0 radical (unpaired) electrons. The zero-order chi connectivity index (χ0) is 18.8. The van der Waals surface area contributed by atoms with Gasteiger partial charge in [0, 0.05) is 0 Å². The molecule has 0 amide bonds. The van der Waals surface area contributed by atoms with Crippen LogP contribution in [0.5, 0.6) is 0 Å². The van der Waals surface area contributed by atoms with Crippen LogP contribution in [0.1, 0.15) is 20.7 Å². The van der Waals surface area contributed by atoms with Crippen LogP contribution >= 0.6 is 0 Å². The predicted octanol–water partition coefficient (Wildman–Crippen LogP) is -1.46. The van der Waals surface area contributed by atoms with Crippen LogP contribution in [-0.4, -0.2) is 39.0 Å². The van der Waals surface area contributed by atoms with Crippen LogP contribution in [-0.2, 0) is 20.0 Å². The van der Waals surface area contributed by atoms with Crippen LogP contribution in [0.15, 0.2) is 58.3 Å². The first-order valence-corrected chi connectivity index (χ1v) is 9.33. The number of rotatable bonds is 6. The normalized spacial score (nSPS) is 11.4. The Morgan fingerprint density at radius 1 is 0.692 bits per heavy atom. The molecule has 0 heterocycles. The minimum atomic E-state index is -4.92. The van der Waals surface area contributed by atoms with Crippen molar-refractivity contribution in [2.75, 3.05) is 0 Å². The summed E-state index contributed by atoms with van der Waals surface area (Å²) in [6.07, 6.45) is 0. The molecule has 0 spiro atoms. The molecule has 2 rings (SSSR count). The Bertz CT molecular complexity index is 978. The SMILES string of the molecule is O=C(O)c1ccccc1S(=O)(=O)[N-]S(=O)(=O)c1ccccc1C(=O)O.[Na+]. The molecule has 132 valence electrons. The van der Waals surface area contributed by atoms with Crippen molar-refractivity contribution >= 4 is 32.0 Å². The number of benzene rings is 2. The average molecular weight is 407 g/mol. The molecule has 0 aliphatic rings. The molecule has 0 unspecified atom stereocenters. The topological polar surface area (TPSA) is 157 Å². The fraction of sp³-hybridized carbons (Fsp3) is 0. The van der Waals surface area contributed by atoms with Gasteiger partial charge in [-0.2, -0.15) is 0 Å². The van der Waals surface area contributed by atoms with Crippen molar-refractivity contribution in [1.29, 1.82) is 0 Å². The molecule has 0 aliphatic heterocycles. The minimum Gasteiger partial charge on any atom is -0.478 e. The van der Waals surface area contributed by atoms with Crippen LogP contribution in [0.25, 0.3) is 4.13 Å². The van der Waals surface area contributed by atoms with Crippen molar-refractivity contribution in [1.82, 2.24) is 0 Å². The number of hydrogen-bond donors (Lipinski definition) is 2.